The highest BCUT2D eigenvalue weighted by molar-refractivity contribution is 5.87. The number of nitrogens with one attached hydrogen (secondary N) is 2. The number of aliphatic carboxylic acids is 1. The van der Waals surface area contributed by atoms with Crippen molar-refractivity contribution in [3.8, 4) is 0 Å². The lowest BCUT2D eigenvalue weighted by Gasteiger charge is -2.46. The average molecular weight is 258 g/mol. The number of carboxylic acids is 1. The Morgan fingerprint density at radius 3 is 2.84 bits per heavy atom. The number of aromatic nitrogens is 1. The molecule has 0 aliphatic carbocycles. The van der Waals surface area contributed by atoms with Gasteiger partial charge in [0.05, 0.1) is 13.2 Å². The molecule has 5 heteroatoms. The van der Waals surface area contributed by atoms with E-state index in [1.165, 1.54) is 0 Å². The van der Waals surface area contributed by atoms with Crippen molar-refractivity contribution < 1.29 is 14.6 Å². The van der Waals surface area contributed by atoms with E-state index in [0.29, 0.717) is 19.6 Å². The van der Waals surface area contributed by atoms with Crippen LogP contribution < -0.4 is 5.32 Å². The lowest BCUT2D eigenvalue weighted by Crippen LogP contribution is -2.65. The second-order valence-corrected chi connectivity index (χ2v) is 5.34. The third-order valence-electron chi connectivity index (χ3n) is 4.15. The van der Waals surface area contributed by atoms with Gasteiger partial charge in [-0.05, 0) is 11.6 Å². The Balaban J connectivity index is 1.94. The first-order chi connectivity index (χ1) is 9.20. The summed E-state index contributed by atoms with van der Waals surface area (Å²) in [4.78, 5) is 14.8. The van der Waals surface area contributed by atoms with Crippen molar-refractivity contribution >= 4 is 16.9 Å². The van der Waals surface area contributed by atoms with Crippen molar-refractivity contribution in [1.82, 2.24) is 10.3 Å². The van der Waals surface area contributed by atoms with E-state index in [9.17, 15) is 9.90 Å². The van der Waals surface area contributed by atoms with Crippen LogP contribution in [0.2, 0.25) is 0 Å². The second kappa shape index (κ2) is 3.59. The molecule has 0 saturated carbocycles. The van der Waals surface area contributed by atoms with Gasteiger partial charge >= 0.3 is 5.97 Å². The fourth-order valence-corrected chi connectivity index (χ4v) is 3.16. The van der Waals surface area contributed by atoms with Gasteiger partial charge in [-0.2, -0.15) is 0 Å². The highest BCUT2D eigenvalue weighted by Gasteiger charge is 2.49. The molecule has 1 aromatic carbocycles. The Morgan fingerprint density at radius 2 is 2.16 bits per heavy atom. The Bertz CT molecular complexity index is 672. The van der Waals surface area contributed by atoms with Gasteiger partial charge in [-0.1, -0.05) is 18.2 Å². The molecule has 1 spiro atoms. The number of fused-ring (bicyclic) bond motifs is 4. The van der Waals surface area contributed by atoms with E-state index in [-0.39, 0.29) is 5.54 Å². The summed E-state index contributed by atoms with van der Waals surface area (Å²) in [5.41, 5.74) is 2.92. The Kier molecular flexibility index (Phi) is 2.08. The maximum atomic E-state index is 11.3. The predicted molar refractivity (Wildman–Crippen MR) is 69.1 cm³/mol. The molecule has 0 bridgehead atoms. The number of carbonyl (C=O) groups is 1. The predicted octanol–water partition coefficient (Wildman–Crippen LogP) is 0.992. The third kappa shape index (κ3) is 1.39. The standard InChI is InChI=1S/C14H14N2O3/c17-13(18)11-5-9-8-3-1-2-4-10(8)15-12(9)14(16-11)6-19-7-14/h1-4,11,15-16H,5-7H2,(H,17,18)/t11-/m0/s1. The van der Waals surface area contributed by atoms with Crippen LogP contribution in [-0.4, -0.2) is 35.3 Å². The molecule has 1 fully saturated rings. The van der Waals surface area contributed by atoms with Crippen LogP contribution in [0.5, 0.6) is 0 Å². The average Bonchev–Trinajstić information content (AvgIpc) is 2.74. The van der Waals surface area contributed by atoms with Crippen molar-refractivity contribution in [3.05, 3.63) is 35.5 Å². The number of hydrogen-bond acceptors (Lipinski definition) is 3. The van der Waals surface area contributed by atoms with Crippen molar-refractivity contribution in [1.29, 1.82) is 0 Å². The molecule has 19 heavy (non-hydrogen) atoms. The van der Waals surface area contributed by atoms with Crippen LogP contribution in [0.15, 0.2) is 24.3 Å². The molecule has 2 aliphatic rings. The zero-order valence-electron chi connectivity index (χ0n) is 10.3. The maximum absolute atomic E-state index is 11.3. The molecule has 5 nitrogen and oxygen atoms in total. The largest absolute Gasteiger partial charge is 0.480 e. The van der Waals surface area contributed by atoms with Gasteiger partial charge in [-0.25, -0.2) is 0 Å². The molecule has 3 N–H and O–H groups in total. The second-order valence-electron chi connectivity index (χ2n) is 5.34. The van der Waals surface area contributed by atoms with E-state index >= 15 is 0 Å². The topological polar surface area (TPSA) is 74.3 Å². The number of carboxylic acid groups (broad SMARTS) is 1. The molecule has 98 valence electrons. The summed E-state index contributed by atoms with van der Waals surface area (Å²) in [6, 6.07) is 7.49. The molecule has 2 aliphatic heterocycles. The number of para-hydroxylation sites is 1. The number of ether oxygens (including phenoxy) is 1. The van der Waals surface area contributed by atoms with Crippen LogP contribution in [0, 0.1) is 0 Å². The maximum Gasteiger partial charge on any atom is 0.321 e. The van der Waals surface area contributed by atoms with Crippen molar-refractivity contribution in [2.45, 2.75) is 18.0 Å². The molecule has 1 aromatic heterocycles. The Labute approximate surface area is 109 Å². The van der Waals surface area contributed by atoms with E-state index in [2.05, 4.69) is 10.3 Å². The molecule has 0 amide bonds. The summed E-state index contributed by atoms with van der Waals surface area (Å²) < 4.78 is 5.32. The summed E-state index contributed by atoms with van der Waals surface area (Å²) in [5, 5.41) is 13.7. The van der Waals surface area contributed by atoms with Gasteiger partial charge < -0.3 is 14.8 Å². The van der Waals surface area contributed by atoms with E-state index in [1.807, 2.05) is 24.3 Å². The summed E-state index contributed by atoms with van der Waals surface area (Å²) in [6.07, 6.45) is 0.510. The van der Waals surface area contributed by atoms with E-state index < -0.39 is 12.0 Å². The minimum absolute atomic E-state index is 0.352. The van der Waals surface area contributed by atoms with Crippen LogP contribution in [0.1, 0.15) is 11.3 Å². The van der Waals surface area contributed by atoms with Gasteiger partial charge in [-0.3, -0.25) is 10.1 Å². The van der Waals surface area contributed by atoms with Crippen LogP contribution in [0.25, 0.3) is 10.9 Å². The number of aromatic amines is 1. The Hall–Kier alpha value is -1.85. The van der Waals surface area contributed by atoms with Crippen molar-refractivity contribution in [2.75, 3.05) is 13.2 Å². The highest BCUT2D eigenvalue weighted by atomic mass is 16.5. The fraction of sp³-hybridized carbons (Fsp3) is 0.357. The highest BCUT2D eigenvalue weighted by Crippen LogP contribution is 2.39. The summed E-state index contributed by atoms with van der Waals surface area (Å²) >= 11 is 0. The molecule has 1 saturated heterocycles. The molecule has 1 atom stereocenters. The zero-order valence-corrected chi connectivity index (χ0v) is 10.3. The molecular formula is C14H14N2O3. The minimum Gasteiger partial charge on any atom is -0.480 e. The number of H-pyrrole nitrogens is 1. The van der Waals surface area contributed by atoms with Crippen molar-refractivity contribution in [2.24, 2.45) is 0 Å². The summed E-state index contributed by atoms with van der Waals surface area (Å²) in [5.74, 6) is -0.804. The minimum atomic E-state index is -0.804. The fourth-order valence-electron chi connectivity index (χ4n) is 3.16. The summed E-state index contributed by atoms with van der Waals surface area (Å²) in [6.45, 7) is 1.05. The first-order valence-electron chi connectivity index (χ1n) is 6.38. The normalized spacial score (nSPS) is 24.1. The molecule has 3 heterocycles. The molecule has 0 radical (unpaired) electrons. The van der Waals surface area contributed by atoms with Gasteiger partial charge in [0, 0.05) is 23.0 Å². The van der Waals surface area contributed by atoms with Crippen LogP contribution in [-0.2, 0) is 21.5 Å². The van der Waals surface area contributed by atoms with E-state index in [4.69, 9.17) is 4.74 Å². The number of rotatable bonds is 1. The van der Waals surface area contributed by atoms with Gasteiger partial charge in [0.25, 0.3) is 0 Å². The molecular weight excluding hydrogens is 244 g/mol. The lowest BCUT2D eigenvalue weighted by molar-refractivity contribution is -0.145. The molecule has 2 aromatic rings. The van der Waals surface area contributed by atoms with Gasteiger partial charge in [0.2, 0.25) is 0 Å². The van der Waals surface area contributed by atoms with Crippen LogP contribution >= 0.6 is 0 Å². The summed E-state index contributed by atoms with van der Waals surface area (Å²) in [7, 11) is 0. The first-order valence-corrected chi connectivity index (χ1v) is 6.38. The van der Waals surface area contributed by atoms with Gasteiger partial charge in [0.15, 0.2) is 0 Å². The first kappa shape index (κ1) is 11.0. The molecule has 0 unspecified atom stereocenters. The van der Waals surface area contributed by atoms with Gasteiger partial charge in [-0.15, -0.1) is 0 Å². The number of benzene rings is 1. The monoisotopic (exact) mass is 258 g/mol. The molecule has 4 rings (SSSR count). The Morgan fingerprint density at radius 1 is 1.37 bits per heavy atom. The van der Waals surface area contributed by atoms with E-state index in [0.717, 1.165) is 22.2 Å². The van der Waals surface area contributed by atoms with E-state index in [1.54, 1.807) is 0 Å². The quantitative estimate of drug-likeness (QED) is 0.713. The van der Waals surface area contributed by atoms with Crippen LogP contribution in [0.4, 0.5) is 0 Å². The lowest BCUT2D eigenvalue weighted by atomic mass is 9.82. The smallest absolute Gasteiger partial charge is 0.321 e. The number of hydrogen-bond donors (Lipinski definition) is 3. The third-order valence-corrected chi connectivity index (χ3v) is 4.15. The SMILES string of the molecule is O=C(O)[C@@H]1Cc2c([nH]c3ccccc23)C2(COC2)N1. The van der Waals surface area contributed by atoms with Gasteiger partial charge in [0.1, 0.15) is 11.6 Å². The van der Waals surface area contributed by atoms with Crippen molar-refractivity contribution in [3.63, 3.8) is 0 Å². The zero-order chi connectivity index (χ0) is 13.0. The van der Waals surface area contributed by atoms with Crippen LogP contribution in [0.3, 0.4) is 0 Å².